The van der Waals surface area contributed by atoms with Gasteiger partial charge < -0.3 is 5.11 Å². The lowest BCUT2D eigenvalue weighted by Crippen LogP contribution is -1.99. The summed E-state index contributed by atoms with van der Waals surface area (Å²) < 4.78 is 0. The summed E-state index contributed by atoms with van der Waals surface area (Å²) >= 11 is 0. The molecule has 0 radical (unpaired) electrons. The van der Waals surface area contributed by atoms with Crippen molar-refractivity contribution in [3.63, 3.8) is 0 Å². The number of carboxylic acids is 1. The zero-order valence-corrected chi connectivity index (χ0v) is 9.90. The molecule has 0 aliphatic heterocycles. The van der Waals surface area contributed by atoms with Crippen molar-refractivity contribution in [3.05, 3.63) is 47.0 Å². The van der Waals surface area contributed by atoms with Crippen molar-refractivity contribution in [2.24, 2.45) is 0 Å². The molecule has 86 valence electrons. The van der Waals surface area contributed by atoms with Crippen LogP contribution in [-0.2, 0) is 0 Å². The molecule has 1 aliphatic carbocycles. The van der Waals surface area contributed by atoms with E-state index in [0.29, 0.717) is 17.4 Å². The van der Waals surface area contributed by atoms with Gasteiger partial charge in [0.2, 0.25) is 0 Å². The Morgan fingerprint density at radius 2 is 1.82 bits per heavy atom. The average Bonchev–Trinajstić information content (AvgIpc) is 2.57. The number of aromatic carboxylic acids is 1. The van der Waals surface area contributed by atoms with Gasteiger partial charge in [0, 0.05) is 0 Å². The van der Waals surface area contributed by atoms with Gasteiger partial charge in [0.1, 0.15) is 0 Å². The summed E-state index contributed by atoms with van der Waals surface area (Å²) in [6.45, 7) is 4.38. The maximum Gasteiger partial charge on any atom is 0.335 e. The molecule has 2 heteroatoms. The van der Waals surface area contributed by atoms with Crippen molar-refractivity contribution in [1.82, 2.24) is 0 Å². The van der Waals surface area contributed by atoms with Crippen LogP contribution >= 0.6 is 0 Å². The first-order chi connectivity index (χ1) is 8.09. The van der Waals surface area contributed by atoms with Crippen LogP contribution in [0, 0.1) is 0 Å². The summed E-state index contributed by atoms with van der Waals surface area (Å²) in [6.07, 6.45) is 0. The minimum Gasteiger partial charge on any atom is -0.478 e. The maximum absolute atomic E-state index is 11.1. The Morgan fingerprint density at radius 1 is 1.12 bits per heavy atom. The molecule has 2 unspecified atom stereocenters. The molecule has 1 aliphatic rings. The van der Waals surface area contributed by atoms with E-state index >= 15 is 0 Å². The molecule has 0 amide bonds. The summed E-state index contributed by atoms with van der Waals surface area (Å²) in [5.41, 5.74) is 2.93. The van der Waals surface area contributed by atoms with Gasteiger partial charge in [-0.05, 0) is 45.9 Å². The molecule has 0 spiro atoms. The Balaban J connectivity index is 2.41. The molecule has 2 aromatic rings. The van der Waals surface area contributed by atoms with Crippen molar-refractivity contribution < 1.29 is 9.90 Å². The number of carbonyl (C=O) groups is 1. The fourth-order valence-electron chi connectivity index (χ4n) is 2.89. The van der Waals surface area contributed by atoms with E-state index in [1.807, 2.05) is 18.2 Å². The standard InChI is InChI=1S/C15H14O2/c1-8-9(2)13-7-11(15(16)17)6-10-4-3-5-12(8)14(10)13/h3-9H,1-2H3,(H,16,17). The predicted molar refractivity (Wildman–Crippen MR) is 67.7 cm³/mol. The lowest BCUT2D eigenvalue weighted by molar-refractivity contribution is 0.0697. The monoisotopic (exact) mass is 226 g/mol. The second kappa shape index (κ2) is 3.33. The summed E-state index contributed by atoms with van der Waals surface area (Å²) in [7, 11) is 0. The molecule has 0 bridgehead atoms. The van der Waals surface area contributed by atoms with Gasteiger partial charge in [0.25, 0.3) is 0 Å². The molecule has 0 saturated heterocycles. The Morgan fingerprint density at radius 3 is 2.53 bits per heavy atom. The molecule has 2 aromatic carbocycles. The van der Waals surface area contributed by atoms with Gasteiger partial charge in [-0.1, -0.05) is 32.0 Å². The normalized spacial score (nSPS) is 22.0. The topological polar surface area (TPSA) is 37.3 Å². The largest absolute Gasteiger partial charge is 0.478 e. The number of carboxylic acid groups (broad SMARTS) is 1. The van der Waals surface area contributed by atoms with Crippen LogP contribution in [0.4, 0.5) is 0 Å². The van der Waals surface area contributed by atoms with E-state index in [-0.39, 0.29) is 0 Å². The third-order valence-electron chi connectivity index (χ3n) is 4.02. The molecule has 17 heavy (non-hydrogen) atoms. The van der Waals surface area contributed by atoms with Crippen molar-refractivity contribution in [3.8, 4) is 0 Å². The molecule has 2 atom stereocenters. The lowest BCUT2D eigenvalue weighted by atomic mass is 9.93. The SMILES string of the molecule is CC1c2cccc3cc(C(=O)O)cc(c23)C1C. The molecule has 0 aromatic heterocycles. The van der Waals surface area contributed by atoms with Gasteiger partial charge in [-0.15, -0.1) is 0 Å². The van der Waals surface area contributed by atoms with Crippen molar-refractivity contribution in [2.45, 2.75) is 25.7 Å². The molecular weight excluding hydrogens is 212 g/mol. The quantitative estimate of drug-likeness (QED) is 0.803. The predicted octanol–water partition coefficient (Wildman–Crippen LogP) is 3.76. The Bertz CT molecular complexity index is 628. The smallest absolute Gasteiger partial charge is 0.335 e. The van der Waals surface area contributed by atoms with Crippen molar-refractivity contribution >= 4 is 16.7 Å². The molecule has 0 saturated carbocycles. The highest BCUT2D eigenvalue weighted by Crippen LogP contribution is 2.46. The van der Waals surface area contributed by atoms with Gasteiger partial charge in [-0.2, -0.15) is 0 Å². The van der Waals surface area contributed by atoms with E-state index in [1.54, 1.807) is 6.07 Å². The van der Waals surface area contributed by atoms with Gasteiger partial charge in [-0.3, -0.25) is 0 Å². The minimum atomic E-state index is -0.847. The molecule has 3 rings (SSSR count). The van der Waals surface area contributed by atoms with Gasteiger partial charge in [-0.25, -0.2) is 4.79 Å². The number of rotatable bonds is 1. The Kier molecular flexibility index (Phi) is 2.02. The zero-order chi connectivity index (χ0) is 12.2. The van der Waals surface area contributed by atoms with Crippen LogP contribution < -0.4 is 0 Å². The Hall–Kier alpha value is -1.83. The fraction of sp³-hybridized carbons (Fsp3) is 0.267. The highest BCUT2D eigenvalue weighted by atomic mass is 16.4. The zero-order valence-electron chi connectivity index (χ0n) is 9.90. The van der Waals surface area contributed by atoms with E-state index in [4.69, 9.17) is 5.11 Å². The molecule has 0 fully saturated rings. The molecule has 2 nitrogen and oxygen atoms in total. The van der Waals surface area contributed by atoms with Gasteiger partial charge in [0.15, 0.2) is 0 Å². The Labute approximate surface area is 99.9 Å². The van der Waals surface area contributed by atoms with E-state index in [2.05, 4.69) is 19.9 Å². The first-order valence-electron chi connectivity index (χ1n) is 5.89. The van der Waals surface area contributed by atoms with Gasteiger partial charge >= 0.3 is 5.97 Å². The summed E-state index contributed by atoms with van der Waals surface area (Å²) in [5, 5.41) is 11.4. The highest BCUT2D eigenvalue weighted by molar-refractivity contribution is 5.99. The van der Waals surface area contributed by atoms with E-state index < -0.39 is 5.97 Å². The third kappa shape index (κ3) is 1.30. The average molecular weight is 226 g/mol. The van der Waals surface area contributed by atoms with Crippen LogP contribution in [0.3, 0.4) is 0 Å². The van der Waals surface area contributed by atoms with E-state index in [9.17, 15) is 4.79 Å². The molecular formula is C15H14O2. The number of hydrogen-bond acceptors (Lipinski definition) is 1. The van der Waals surface area contributed by atoms with E-state index in [1.165, 1.54) is 16.5 Å². The van der Waals surface area contributed by atoms with Crippen LogP contribution in [-0.4, -0.2) is 11.1 Å². The van der Waals surface area contributed by atoms with Crippen LogP contribution in [0.25, 0.3) is 10.8 Å². The number of benzene rings is 2. The summed E-state index contributed by atoms with van der Waals surface area (Å²) in [5.74, 6) is 0.0206. The highest BCUT2D eigenvalue weighted by Gasteiger charge is 2.28. The van der Waals surface area contributed by atoms with Gasteiger partial charge in [0.05, 0.1) is 5.56 Å². The molecule has 0 heterocycles. The third-order valence-corrected chi connectivity index (χ3v) is 4.02. The first kappa shape index (κ1) is 10.3. The van der Waals surface area contributed by atoms with Crippen molar-refractivity contribution in [2.75, 3.05) is 0 Å². The van der Waals surface area contributed by atoms with E-state index in [0.717, 1.165) is 5.39 Å². The second-order valence-electron chi connectivity index (χ2n) is 4.89. The molecule has 1 N–H and O–H groups in total. The lowest BCUT2D eigenvalue weighted by Gasteiger charge is -2.11. The van der Waals surface area contributed by atoms with Crippen LogP contribution in [0.1, 0.15) is 47.2 Å². The first-order valence-corrected chi connectivity index (χ1v) is 5.89. The summed E-state index contributed by atoms with van der Waals surface area (Å²) in [6, 6.07) is 9.78. The summed E-state index contributed by atoms with van der Waals surface area (Å²) in [4.78, 5) is 11.1. The van der Waals surface area contributed by atoms with Crippen LogP contribution in [0.5, 0.6) is 0 Å². The maximum atomic E-state index is 11.1. The fourth-order valence-corrected chi connectivity index (χ4v) is 2.89. The minimum absolute atomic E-state index is 0.394. The van der Waals surface area contributed by atoms with Crippen LogP contribution in [0.15, 0.2) is 30.3 Å². The van der Waals surface area contributed by atoms with Crippen LogP contribution in [0.2, 0.25) is 0 Å². The van der Waals surface area contributed by atoms with Crippen molar-refractivity contribution in [1.29, 1.82) is 0 Å². The number of hydrogen-bond donors (Lipinski definition) is 1. The second-order valence-corrected chi connectivity index (χ2v) is 4.89.